The minimum absolute atomic E-state index is 0.0953. The van der Waals surface area contributed by atoms with Crippen molar-refractivity contribution >= 4 is 5.69 Å². The molecule has 24 heavy (non-hydrogen) atoms. The van der Waals surface area contributed by atoms with Crippen LogP contribution in [0.3, 0.4) is 0 Å². The van der Waals surface area contributed by atoms with Crippen LogP contribution < -0.4 is 14.8 Å². The number of hydrogen-bond donors (Lipinski definition) is 1. The SMILES string of the molecule is CCCCOc1ccc(NCC(C)Oc2ccc(CC)cc2)cc1. The number of benzene rings is 2. The number of hydrogen-bond acceptors (Lipinski definition) is 3. The summed E-state index contributed by atoms with van der Waals surface area (Å²) in [5.74, 6) is 1.84. The van der Waals surface area contributed by atoms with E-state index in [0.717, 1.165) is 49.6 Å². The summed E-state index contributed by atoms with van der Waals surface area (Å²) in [4.78, 5) is 0. The Bertz CT molecular complexity index is 578. The summed E-state index contributed by atoms with van der Waals surface area (Å²) in [7, 11) is 0. The zero-order valence-electron chi connectivity index (χ0n) is 15.0. The van der Waals surface area contributed by atoms with Gasteiger partial charge in [-0.3, -0.25) is 0 Å². The van der Waals surface area contributed by atoms with Gasteiger partial charge in [-0.15, -0.1) is 0 Å². The fourth-order valence-corrected chi connectivity index (χ4v) is 2.34. The monoisotopic (exact) mass is 327 g/mol. The summed E-state index contributed by atoms with van der Waals surface area (Å²) in [6, 6.07) is 16.4. The normalized spacial score (nSPS) is 11.8. The van der Waals surface area contributed by atoms with E-state index < -0.39 is 0 Å². The van der Waals surface area contributed by atoms with Gasteiger partial charge in [-0.2, -0.15) is 0 Å². The Morgan fingerprint density at radius 2 is 1.58 bits per heavy atom. The molecule has 0 spiro atoms. The van der Waals surface area contributed by atoms with Gasteiger partial charge in [0.25, 0.3) is 0 Å². The quantitative estimate of drug-likeness (QED) is 0.600. The number of nitrogens with one attached hydrogen (secondary N) is 1. The summed E-state index contributed by atoms with van der Waals surface area (Å²) >= 11 is 0. The fraction of sp³-hybridized carbons (Fsp3) is 0.429. The van der Waals surface area contributed by atoms with E-state index in [4.69, 9.17) is 9.47 Å². The fourth-order valence-electron chi connectivity index (χ4n) is 2.34. The summed E-state index contributed by atoms with van der Waals surface area (Å²) in [5.41, 5.74) is 2.41. The Balaban J connectivity index is 1.75. The minimum Gasteiger partial charge on any atom is -0.494 e. The van der Waals surface area contributed by atoms with E-state index in [1.807, 2.05) is 36.4 Å². The van der Waals surface area contributed by atoms with E-state index in [1.165, 1.54) is 5.56 Å². The lowest BCUT2D eigenvalue weighted by atomic mass is 10.2. The first-order chi connectivity index (χ1) is 11.7. The van der Waals surface area contributed by atoms with E-state index in [9.17, 15) is 0 Å². The minimum atomic E-state index is 0.0953. The van der Waals surface area contributed by atoms with E-state index in [-0.39, 0.29) is 6.10 Å². The van der Waals surface area contributed by atoms with Gasteiger partial charge in [0.15, 0.2) is 0 Å². The van der Waals surface area contributed by atoms with E-state index in [2.05, 4.69) is 38.2 Å². The molecule has 3 heteroatoms. The molecule has 1 N–H and O–H groups in total. The first kappa shape index (κ1) is 18.2. The zero-order valence-corrected chi connectivity index (χ0v) is 15.0. The first-order valence-electron chi connectivity index (χ1n) is 8.93. The molecule has 2 rings (SSSR count). The van der Waals surface area contributed by atoms with E-state index >= 15 is 0 Å². The molecule has 0 aliphatic carbocycles. The Kier molecular flexibility index (Phi) is 7.47. The molecule has 1 unspecified atom stereocenters. The van der Waals surface area contributed by atoms with Crippen LogP contribution in [0.4, 0.5) is 5.69 Å². The number of unbranched alkanes of at least 4 members (excludes halogenated alkanes) is 1. The molecular formula is C21H29NO2. The van der Waals surface area contributed by atoms with Gasteiger partial charge in [0, 0.05) is 5.69 Å². The smallest absolute Gasteiger partial charge is 0.119 e. The standard InChI is InChI=1S/C21H29NO2/c1-4-6-15-23-20-13-9-19(10-14-20)22-16-17(3)24-21-11-7-18(5-2)8-12-21/h7-14,17,22H,4-6,15-16H2,1-3H3. The highest BCUT2D eigenvalue weighted by Crippen LogP contribution is 2.17. The summed E-state index contributed by atoms with van der Waals surface area (Å²) in [6.45, 7) is 7.93. The average molecular weight is 327 g/mol. The van der Waals surface area contributed by atoms with Gasteiger partial charge < -0.3 is 14.8 Å². The lowest BCUT2D eigenvalue weighted by molar-refractivity contribution is 0.234. The van der Waals surface area contributed by atoms with Crippen molar-refractivity contribution in [3.05, 3.63) is 54.1 Å². The molecule has 130 valence electrons. The molecule has 1 atom stereocenters. The van der Waals surface area contributed by atoms with Gasteiger partial charge in [-0.1, -0.05) is 32.4 Å². The van der Waals surface area contributed by atoms with Crippen molar-refractivity contribution in [2.24, 2.45) is 0 Å². The second-order valence-corrected chi connectivity index (χ2v) is 6.03. The molecule has 0 amide bonds. The molecule has 0 heterocycles. The van der Waals surface area contributed by atoms with Crippen LogP contribution in [0.5, 0.6) is 11.5 Å². The number of ether oxygens (including phenoxy) is 2. The molecule has 2 aromatic carbocycles. The van der Waals surface area contributed by atoms with Crippen molar-refractivity contribution in [1.82, 2.24) is 0 Å². The van der Waals surface area contributed by atoms with Crippen molar-refractivity contribution in [1.29, 1.82) is 0 Å². The molecule has 3 nitrogen and oxygen atoms in total. The summed E-state index contributed by atoms with van der Waals surface area (Å²) in [5, 5.41) is 3.40. The van der Waals surface area contributed by atoms with Crippen molar-refractivity contribution in [3.63, 3.8) is 0 Å². The van der Waals surface area contributed by atoms with Gasteiger partial charge in [-0.05, 0) is 61.7 Å². The number of anilines is 1. The van der Waals surface area contributed by atoms with Crippen LogP contribution in [-0.4, -0.2) is 19.3 Å². The molecule has 0 saturated carbocycles. The first-order valence-corrected chi connectivity index (χ1v) is 8.93. The van der Waals surface area contributed by atoms with E-state index in [0.29, 0.717) is 0 Å². The van der Waals surface area contributed by atoms with Crippen molar-refractivity contribution in [2.75, 3.05) is 18.5 Å². The maximum Gasteiger partial charge on any atom is 0.119 e. The lowest BCUT2D eigenvalue weighted by Gasteiger charge is -2.16. The van der Waals surface area contributed by atoms with Crippen LogP contribution in [0.2, 0.25) is 0 Å². The van der Waals surface area contributed by atoms with Crippen LogP contribution in [0.25, 0.3) is 0 Å². The molecule has 0 bridgehead atoms. The van der Waals surface area contributed by atoms with Gasteiger partial charge in [0.2, 0.25) is 0 Å². The average Bonchev–Trinajstić information content (AvgIpc) is 2.62. The molecular weight excluding hydrogens is 298 g/mol. The molecule has 0 fully saturated rings. The largest absolute Gasteiger partial charge is 0.494 e. The van der Waals surface area contributed by atoms with Crippen molar-refractivity contribution in [3.8, 4) is 11.5 Å². The summed E-state index contributed by atoms with van der Waals surface area (Å²) in [6.07, 6.45) is 3.39. The highest BCUT2D eigenvalue weighted by molar-refractivity contribution is 5.46. The highest BCUT2D eigenvalue weighted by Gasteiger charge is 2.04. The van der Waals surface area contributed by atoms with Crippen LogP contribution >= 0.6 is 0 Å². The van der Waals surface area contributed by atoms with Crippen molar-refractivity contribution < 1.29 is 9.47 Å². The van der Waals surface area contributed by atoms with Crippen molar-refractivity contribution in [2.45, 2.75) is 46.1 Å². The van der Waals surface area contributed by atoms with Crippen LogP contribution in [0, 0.1) is 0 Å². The van der Waals surface area contributed by atoms with Gasteiger partial charge in [-0.25, -0.2) is 0 Å². The number of aryl methyl sites for hydroxylation is 1. The third-order valence-electron chi connectivity index (χ3n) is 3.88. The Hall–Kier alpha value is -2.16. The molecule has 0 aromatic heterocycles. The third kappa shape index (κ3) is 6.15. The lowest BCUT2D eigenvalue weighted by Crippen LogP contribution is -2.22. The second kappa shape index (κ2) is 9.86. The van der Waals surface area contributed by atoms with Crippen LogP contribution in [0.1, 0.15) is 39.2 Å². The Labute approximate surface area is 146 Å². The van der Waals surface area contributed by atoms with Crippen LogP contribution in [-0.2, 0) is 6.42 Å². The molecule has 2 aromatic rings. The predicted octanol–water partition coefficient (Wildman–Crippen LogP) is 5.31. The molecule has 0 saturated heterocycles. The Morgan fingerprint density at radius 3 is 2.21 bits per heavy atom. The van der Waals surface area contributed by atoms with Gasteiger partial charge >= 0.3 is 0 Å². The van der Waals surface area contributed by atoms with Crippen LogP contribution in [0.15, 0.2) is 48.5 Å². The maximum absolute atomic E-state index is 5.94. The molecule has 0 aliphatic rings. The van der Waals surface area contributed by atoms with Gasteiger partial charge in [0.05, 0.1) is 13.2 Å². The zero-order chi connectivity index (χ0) is 17.2. The molecule has 0 radical (unpaired) electrons. The summed E-state index contributed by atoms with van der Waals surface area (Å²) < 4.78 is 11.6. The topological polar surface area (TPSA) is 30.5 Å². The Morgan fingerprint density at radius 1 is 0.917 bits per heavy atom. The third-order valence-corrected chi connectivity index (χ3v) is 3.88. The second-order valence-electron chi connectivity index (χ2n) is 6.03. The number of rotatable bonds is 10. The highest BCUT2D eigenvalue weighted by atomic mass is 16.5. The predicted molar refractivity (Wildman–Crippen MR) is 101 cm³/mol. The van der Waals surface area contributed by atoms with Gasteiger partial charge in [0.1, 0.15) is 17.6 Å². The molecule has 0 aliphatic heterocycles. The van der Waals surface area contributed by atoms with E-state index in [1.54, 1.807) is 0 Å². The maximum atomic E-state index is 5.94.